The molecule has 4 rings (SSSR count). The summed E-state index contributed by atoms with van der Waals surface area (Å²) < 4.78 is 13.0. The summed E-state index contributed by atoms with van der Waals surface area (Å²) in [7, 11) is 2.90. The van der Waals surface area contributed by atoms with E-state index >= 15 is 0 Å². The Bertz CT molecular complexity index is 1140. The second-order valence-electron chi connectivity index (χ2n) is 7.76. The molecule has 1 fully saturated rings. The van der Waals surface area contributed by atoms with Gasteiger partial charge in [0.05, 0.1) is 38.7 Å². The minimum absolute atomic E-state index is 0.0254. The number of carbonyl (C=O) groups is 1. The molecule has 0 bridgehead atoms. The normalized spacial score (nSPS) is 16.5. The van der Waals surface area contributed by atoms with Crippen LogP contribution < -0.4 is 16.6 Å². The van der Waals surface area contributed by atoms with Crippen molar-refractivity contribution < 1.29 is 14.3 Å². The zero-order valence-corrected chi connectivity index (χ0v) is 18.8. The van der Waals surface area contributed by atoms with Gasteiger partial charge in [-0.2, -0.15) is 0 Å². The second kappa shape index (κ2) is 8.83. The lowest BCUT2D eigenvalue weighted by Crippen LogP contribution is -2.44. The van der Waals surface area contributed by atoms with E-state index < -0.39 is 6.09 Å². The van der Waals surface area contributed by atoms with E-state index in [1.54, 1.807) is 11.7 Å². The maximum absolute atomic E-state index is 13.3. The quantitative estimate of drug-likeness (QED) is 0.715. The number of hydrogen-bond acceptors (Lipinski definition) is 8. The fourth-order valence-corrected chi connectivity index (χ4v) is 5.31. The predicted octanol–water partition coefficient (Wildman–Crippen LogP) is 1.43. The summed E-state index contributed by atoms with van der Waals surface area (Å²) in [4.78, 5) is 46.1. The third-order valence-electron chi connectivity index (χ3n) is 5.97. The Hall–Kier alpha value is -2.66. The predicted molar refractivity (Wildman–Crippen MR) is 118 cm³/mol. The molecule has 11 heteroatoms. The second-order valence-corrected chi connectivity index (χ2v) is 8.84. The van der Waals surface area contributed by atoms with Crippen molar-refractivity contribution in [2.75, 3.05) is 33.9 Å². The van der Waals surface area contributed by atoms with Crippen LogP contribution in [0.15, 0.2) is 14.6 Å². The number of carbonyl (C=O) groups excluding carboxylic acids is 1. The van der Waals surface area contributed by atoms with Gasteiger partial charge >= 0.3 is 11.8 Å². The average Bonchev–Trinajstić information content (AvgIpc) is 3.28. The van der Waals surface area contributed by atoms with Crippen molar-refractivity contribution >= 4 is 33.6 Å². The summed E-state index contributed by atoms with van der Waals surface area (Å²) >= 11 is 1.44. The van der Waals surface area contributed by atoms with Crippen molar-refractivity contribution in [2.24, 2.45) is 4.99 Å². The highest BCUT2D eigenvalue weighted by Gasteiger charge is 2.28. The van der Waals surface area contributed by atoms with Gasteiger partial charge < -0.3 is 14.4 Å². The lowest BCUT2D eigenvalue weighted by molar-refractivity contribution is 0.175. The summed E-state index contributed by atoms with van der Waals surface area (Å²) in [5, 5.41) is 3.23. The summed E-state index contributed by atoms with van der Waals surface area (Å²) in [5.74, 6) is 0.451. The van der Waals surface area contributed by atoms with Gasteiger partial charge in [-0.05, 0) is 31.7 Å². The fraction of sp³-hybridized carbons (Fsp3) is 0.600. The molecule has 2 aliphatic rings. The number of thiophene rings is 1. The van der Waals surface area contributed by atoms with E-state index in [-0.39, 0.29) is 17.3 Å². The number of hydrogen-bond donors (Lipinski definition) is 1. The zero-order chi connectivity index (χ0) is 22.1. The van der Waals surface area contributed by atoms with Gasteiger partial charge in [0, 0.05) is 24.6 Å². The first kappa shape index (κ1) is 21.6. The average molecular weight is 450 g/mol. The number of aryl methyl sites for hydroxylation is 1. The van der Waals surface area contributed by atoms with Crippen molar-refractivity contribution in [2.45, 2.75) is 45.3 Å². The minimum Gasteiger partial charge on any atom is -0.453 e. The highest BCUT2D eigenvalue weighted by molar-refractivity contribution is 7.18. The zero-order valence-electron chi connectivity index (χ0n) is 18.0. The molecule has 0 unspecified atom stereocenters. The summed E-state index contributed by atoms with van der Waals surface area (Å²) in [6, 6.07) is -0.0254. The molecule has 0 aromatic carbocycles. The fourth-order valence-electron chi connectivity index (χ4n) is 3.98. The number of aliphatic imine (C=N–C) groups is 1. The molecule has 1 aliphatic heterocycles. The number of nitrogens with zero attached hydrogens (tertiary/aromatic N) is 4. The van der Waals surface area contributed by atoms with Crippen molar-refractivity contribution in [3.63, 3.8) is 0 Å². The van der Waals surface area contributed by atoms with Gasteiger partial charge in [-0.1, -0.05) is 0 Å². The largest absolute Gasteiger partial charge is 0.453 e. The van der Waals surface area contributed by atoms with Crippen LogP contribution in [0.5, 0.6) is 0 Å². The van der Waals surface area contributed by atoms with Crippen LogP contribution in [0.25, 0.3) is 10.2 Å². The van der Waals surface area contributed by atoms with E-state index in [0.29, 0.717) is 49.0 Å². The third-order valence-corrected chi connectivity index (χ3v) is 7.26. The highest BCUT2D eigenvalue weighted by Crippen LogP contribution is 2.32. The molecule has 0 radical (unpaired) electrons. The van der Waals surface area contributed by atoms with Crippen LogP contribution in [0.3, 0.4) is 0 Å². The number of methoxy groups -OCH3 is 2. The van der Waals surface area contributed by atoms with Gasteiger partial charge in [-0.3, -0.25) is 24.2 Å². The van der Waals surface area contributed by atoms with Gasteiger partial charge in [0.25, 0.3) is 5.56 Å². The van der Waals surface area contributed by atoms with Gasteiger partial charge in [-0.25, -0.2) is 9.59 Å². The lowest BCUT2D eigenvalue weighted by atomic mass is 9.93. The smallest absolute Gasteiger partial charge is 0.413 e. The summed E-state index contributed by atoms with van der Waals surface area (Å²) in [6.07, 6.45) is 2.17. The van der Waals surface area contributed by atoms with Crippen LogP contribution in [0, 0.1) is 6.92 Å². The Morgan fingerprint density at radius 3 is 2.71 bits per heavy atom. The molecule has 1 N–H and O–H groups in total. The van der Waals surface area contributed by atoms with E-state index in [4.69, 9.17) is 4.74 Å². The number of alkyl carbamates (subject to hydrolysis) is 1. The number of aromatic nitrogens is 2. The van der Waals surface area contributed by atoms with Crippen LogP contribution in [0.2, 0.25) is 0 Å². The summed E-state index contributed by atoms with van der Waals surface area (Å²) in [6.45, 7) is 4.39. The van der Waals surface area contributed by atoms with Crippen LogP contribution >= 0.6 is 11.3 Å². The molecule has 10 nitrogen and oxygen atoms in total. The Labute approximate surface area is 183 Å². The van der Waals surface area contributed by atoms with E-state index in [1.165, 1.54) is 23.0 Å². The molecule has 3 heterocycles. The van der Waals surface area contributed by atoms with Crippen LogP contribution in [-0.4, -0.2) is 60.0 Å². The van der Waals surface area contributed by atoms with Gasteiger partial charge in [0.1, 0.15) is 4.83 Å². The molecule has 31 heavy (non-hydrogen) atoms. The Morgan fingerprint density at radius 1 is 1.29 bits per heavy atom. The standard InChI is InChI=1S/C20H27N5O5S/c1-12-14(11-23-8-7-21-18(23)22-19(27)30-3)31-17-15(12)16(26)25(13-5-4-6-13)20(28)24(17)9-10-29-2/h13H,4-11H2,1-3H3,(H,21,22,27). The molecular weight excluding hydrogens is 422 g/mol. The van der Waals surface area contributed by atoms with Crippen molar-refractivity contribution in [3.05, 3.63) is 31.3 Å². The number of amides is 1. The first-order valence-electron chi connectivity index (χ1n) is 10.4. The summed E-state index contributed by atoms with van der Waals surface area (Å²) in [5.41, 5.74) is 0.401. The molecule has 0 atom stereocenters. The number of ether oxygens (including phenoxy) is 2. The monoisotopic (exact) mass is 449 g/mol. The molecule has 1 aliphatic carbocycles. The SMILES string of the molecule is COCCn1c(=O)n(C2CCC2)c(=O)c2c(C)c(CN3CCN=C3NC(=O)OC)sc21. The number of fused-ring (bicyclic) bond motifs is 1. The molecule has 168 valence electrons. The molecular formula is C20H27N5O5S. The molecule has 2 aromatic rings. The maximum Gasteiger partial charge on any atom is 0.413 e. The van der Waals surface area contributed by atoms with E-state index in [2.05, 4.69) is 15.0 Å². The number of nitrogens with one attached hydrogen (secondary N) is 1. The molecule has 0 spiro atoms. The van der Waals surface area contributed by atoms with Crippen LogP contribution in [-0.2, 0) is 22.6 Å². The molecule has 0 saturated heterocycles. The highest BCUT2D eigenvalue weighted by atomic mass is 32.1. The lowest BCUT2D eigenvalue weighted by Gasteiger charge is -2.27. The topological polar surface area (TPSA) is 107 Å². The number of guanidine groups is 1. The van der Waals surface area contributed by atoms with Gasteiger partial charge in [0.15, 0.2) is 0 Å². The Balaban J connectivity index is 1.76. The van der Waals surface area contributed by atoms with E-state index in [1.807, 2.05) is 11.8 Å². The third kappa shape index (κ3) is 3.87. The first-order chi connectivity index (χ1) is 15.0. The maximum atomic E-state index is 13.3. The molecule has 1 saturated carbocycles. The molecule has 1 amide bonds. The van der Waals surface area contributed by atoms with E-state index in [0.717, 1.165) is 29.7 Å². The van der Waals surface area contributed by atoms with Crippen molar-refractivity contribution in [3.8, 4) is 0 Å². The minimum atomic E-state index is -0.574. The molecule has 2 aromatic heterocycles. The Morgan fingerprint density at radius 2 is 2.06 bits per heavy atom. The van der Waals surface area contributed by atoms with Gasteiger partial charge in [-0.15, -0.1) is 11.3 Å². The Kier molecular flexibility index (Phi) is 6.15. The van der Waals surface area contributed by atoms with Gasteiger partial charge in [0.2, 0.25) is 5.96 Å². The van der Waals surface area contributed by atoms with Crippen LogP contribution in [0.1, 0.15) is 35.7 Å². The van der Waals surface area contributed by atoms with Crippen molar-refractivity contribution in [1.82, 2.24) is 19.4 Å². The van der Waals surface area contributed by atoms with Crippen LogP contribution in [0.4, 0.5) is 4.79 Å². The first-order valence-corrected chi connectivity index (χ1v) is 11.2. The van der Waals surface area contributed by atoms with E-state index in [9.17, 15) is 14.4 Å². The van der Waals surface area contributed by atoms with Crippen molar-refractivity contribution in [1.29, 1.82) is 0 Å². The number of rotatable bonds is 6.